The Morgan fingerprint density at radius 3 is 2.59 bits per heavy atom. The molecule has 0 amide bonds. The summed E-state index contributed by atoms with van der Waals surface area (Å²) in [6.07, 6.45) is 0.804. The fourth-order valence-corrected chi connectivity index (χ4v) is 1.55. The zero-order valence-corrected chi connectivity index (χ0v) is 11.4. The zero-order valence-electron chi connectivity index (χ0n) is 10.6. The number of methoxy groups -OCH3 is 1. The first-order valence-corrected chi connectivity index (χ1v) is 6.03. The second kappa shape index (κ2) is 6.24. The van der Waals surface area contributed by atoms with Crippen molar-refractivity contribution in [3.05, 3.63) is 28.8 Å². The highest BCUT2D eigenvalue weighted by Crippen LogP contribution is 2.26. The molecule has 17 heavy (non-hydrogen) atoms. The van der Waals surface area contributed by atoms with Gasteiger partial charge in [-0.15, -0.1) is 0 Å². The van der Waals surface area contributed by atoms with Crippen LogP contribution in [0.5, 0.6) is 5.75 Å². The third kappa shape index (κ3) is 4.54. The van der Waals surface area contributed by atoms with Crippen LogP contribution in [-0.4, -0.2) is 19.3 Å². The van der Waals surface area contributed by atoms with Crippen LogP contribution in [0.2, 0.25) is 5.02 Å². The first-order chi connectivity index (χ1) is 7.98. The lowest BCUT2D eigenvalue weighted by Crippen LogP contribution is -2.25. The highest BCUT2D eigenvalue weighted by atomic mass is 35.5. The third-order valence-corrected chi connectivity index (χ3v) is 3.04. The van der Waals surface area contributed by atoms with Crippen molar-refractivity contribution < 1.29 is 9.47 Å². The van der Waals surface area contributed by atoms with Crippen LogP contribution in [0.25, 0.3) is 0 Å². The van der Waals surface area contributed by atoms with E-state index in [1.165, 1.54) is 0 Å². The molecular weight excluding hydrogens is 238 g/mol. The molecule has 1 rings (SSSR count). The molecule has 3 nitrogen and oxygen atoms in total. The zero-order chi connectivity index (χ0) is 12.9. The quantitative estimate of drug-likeness (QED) is 0.852. The molecule has 0 unspecified atom stereocenters. The molecule has 0 heterocycles. The molecule has 0 aliphatic heterocycles. The molecule has 0 saturated carbocycles. The average molecular weight is 258 g/mol. The largest absolute Gasteiger partial charge is 0.492 e. The Hall–Kier alpha value is -0.770. The first kappa shape index (κ1) is 14.3. The van der Waals surface area contributed by atoms with Crippen LogP contribution in [0.3, 0.4) is 0 Å². The number of hydrogen-bond acceptors (Lipinski definition) is 3. The molecule has 0 saturated heterocycles. The lowest BCUT2D eigenvalue weighted by atomic mass is 10.1. The summed E-state index contributed by atoms with van der Waals surface area (Å²) < 4.78 is 10.9. The maximum Gasteiger partial charge on any atom is 0.137 e. The first-order valence-electron chi connectivity index (χ1n) is 5.65. The van der Waals surface area contributed by atoms with Gasteiger partial charge in [-0.1, -0.05) is 17.7 Å². The summed E-state index contributed by atoms with van der Waals surface area (Å²) in [5.74, 6) is 0.691. The van der Waals surface area contributed by atoms with Crippen LogP contribution in [0.4, 0.5) is 0 Å². The van der Waals surface area contributed by atoms with Crippen molar-refractivity contribution in [3.63, 3.8) is 0 Å². The summed E-state index contributed by atoms with van der Waals surface area (Å²) in [6.45, 7) is 5.10. The third-order valence-electron chi connectivity index (χ3n) is 2.75. The van der Waals surface area contributed by atoms with Crippen molar-refractivity contribution in [2.75, 3.05) is 13.7 Å². The minimum Gasteiger partial charge on any atom is -0.492 e. The van der Waals surface area contributed by atoms with Crippen molar-refractivity contribution in [2.24, 2.45) is 5.73 Å². The minimum atomic E-state index is -0.177. The van der Waals surface area contributed by atoms with Gasteiger partial charge < -0.3 is 15.2 Å². The Labute approximate surface area is 108 Å². The molecule has 4 heteroatoms. The van der Waals surface area contributed by atoms with Gasteiger partial charge in [-0.05, 0) is 31.5 Å². The summed E-state index contributed by atoms with van der Waals surface area (Å²) in [5, 5.41) is 0.600. The highest BCUT2D eigenvalue weighted by molar-refractivity contribution is 6.32. The minimum absolute atomic E-state index is 0.177. The van der Waals surface area contributed by atoms with Crippen molar-refractivity contribution in [1.82, 2.24) is 0 Å². The van der Waals surface area contributed by atoms with Gasteiger partial charge in [-0.2, -0.15) is 0 Å². The Morgan fingerprint density at radius 2 is 2.06 bits per heavy atom. The molecule has 0 aliphatic carbocycles. The topological polar surface area (TPSA) is 44.5 Å². The molecule has 0 fully saturated rings. The summed E-state index contributed by atoms with van der Waals surface area (Å²) >= 11 is 6.08. The van der Waals surface area contributed by atoms with E-state index in [1.807, 2.05) is 32.0 Å². The van der Waals surface area contributed by atoms with Crippen molar-refractivity contribution in [3.8, 4) is 5.75 Å². The lowest BCUT2D eigenvalue weighted by Gasteiger charge is -2.22. The van der Waals surface area contributed by atoms with Gasteiger partial charge >= 0.3 is 0 Å². The molecule has 0 spiro atoms. The Bertz CT molecular complexity index is 366. The number of rotatable bonds is 6. The van der Waals surface area contributed by atoms with E-state index in [4.69, 9.17) is 26.8 Å². The SMILES string of the molecule is COC(C)(C)CCOc1ccc(CN)cc1Cl. The van der Waals surface area contributed by atoms with Gasteiger partial charge in [0.25, 0.3) is 0 Å². The maximum atomic E-state index is 6.08. The van der Waals surface area contributed by atoms with Gasteiger partial charge in [-0.3, -0.25) is 0 Å². The van der Waals surface area contributed by atoms with Gasteiger partial charge in [-0.25, -0.2) is 0 Å². The highest BCUT2D eigenvalue weighted by Gasteiger charge is 2.16. The monoisotopic (exact) mass is 257 g/mol. The number of hydrogen-bond donors (Lipinski definition) is 1. The second-order valence-corrected chi connectivity index (χ2v) is 4.94. The number of benzene rings is 1. The average Bonchev–Trinajstić information content (AvgIpc) is 2.31. The van der Waals surface area contributed by atoms with E-state index in [1.54, 1.807) is 7.11 Å². The van der Waals surface area contributed by atoms with Crippen LogP contribution in [0, 0.1) is 0 Å². The number of halogens is 1. The van der Waals surface area contributed by atoms with Gasteiger partial charge in [0.2, 0.25) is 0 Å². The van der Waals surface area contributed by atoms with E-state index in [0.29, 0.717) is 23.9 Å². The molecule has 1 aromatic carbocycles. The summed E-state index contributed by atoms with van der Waals surface area (Å²) in [5.41, 5.74) is 6.35. The van der Waals surface area contributed by atoms with Crippen LogP contribution >= 0.6 is 11.6 Å². The lowest BCUT2D eigenvalue weighted by molar-refractivity contribution is 0.00546. The fraction of sp³-hybridized carbons (Fsp3) is 0.538. The van der Waals surface area contributed by atoms with Crippen LogP contribution in [0.15, 0.2) is 18.2 Å². The molecule has 0 bridgehead atoms. The summed E-state index contributed by atoms with van der Waals surface area (Å²) in [7, 11) is 1.70. The van der Waals surface area contributed by atoms with E-state index in [2.05, 4.69) is 0 Å². The molecule has 0 atom stereocenters. The van der Waals surface area contributed by atoms with Crippen LogP contribution in [-0.2, 0) is 11.3 Å². The van der Waals surface area contributed by atoms with E-state index in [0.717, 1.165) is 12.0 Å². The van der Waals surface area contributed by atoms with Crippen LogP contribution in [0.1, 0.15) is 25.8 Å². The molecule has 0 aromatic heterocycles. The predicted molar refractivity (Wildman–Crippen MR) is 70.5 cm³/mol. The summed E-state index contributed by atoms with van der Waals surface area (Å²) in [6, 6.07) is 5.60. The summed E-state index contributed by atoms with van der Waals surface area (Å²) in [4.78, 5) is 0. The Kier molecular flexibility index (Phi) is 5.25. The van der Waals surface area contributed by atoms with Gasteiger partial charge in [0.05, 0.1) is 17.2 Å². The molecule has 0 radical (unpaired) electrons. The molecule has 96 valence electrons. The van der Waals surface area contributed by atoms with E-state index < -0.39 is 0 Å². The molecule has 2 N–H and O–H groups in total. The molecule has 0 aliphatic rings. The smallest absolute Gasteiger partial charge is 0.137 e. The van der Waals surface area contributed by atoms with E-state index in [-0.39, 0.29) is 5.60 Å². The fourth-order valence-electron chi connectivity index (χ4n) is 1.30. The van der Waals surface area contributed by atoms with Crippen molar-refractivity contribution in [2.45, 2.75) is 32.4 Å². The van der Waals surface area contributed by atoms with Crippen LogP contribution < -0.4 is 10.5 Å². The van der Waals surface area contributed by atoms with Crippen molar-refractivity contribution in [1.29, 1.82) is 0 Å². The van der Waals surface area contributed by atoms with Gasteiger partial charge in [0.1, 0.15) is 5.75 Å². The number of nitrogens with two attached hydrogens (primary N) is 1. The van der Waals surface area contributed by atoms with Crippen molar-refractivity contribution >= 4 is 11.6 Å². The van der Waals surface area contributed by atoms with Gasteiger partial charge in [0.15, 0.2) is 0 Å². The molecule has 1 aromatic rings. The Morgan fingerprint density at radius 1 is 1.35 bits per heavy atom. The van der Waals surface area contributed by atoms with E-state index >= 15 is 0 Å². The normalized spacial score (nSPS) is 11.6. The standard InChI is InChI=1S/C13H20ClNO2/c1-13(2,16-3)6-7-17-12-5-4-10(9-15)8-11(12)14/h4-5,8H,6-7,9,15H2,1-3H3. The number of ether oxygens (including phenoxy) is 2. The second-order valence-electron chi connectivity index (χ2n) is 4.53. The maximum absolute atomic E-state index is 6.08. The van der Waals surface area contributed by atoms with Gasteiger partial charge in [0, 0.05) is 20.1 Å². The Balaban J connectivity index is 2.52. The molecular formula is C13H20ClNO2. The predicted octanol–water partition coefficient (Wildman–Crippen LogP) is 2.99. The van der Waals surface area contributed by atoms with E-state index in [9.17, 15) is 0 Å².